The zero-order chi connectivity index (χ0) is 33.9. The summed E-state index contributed by atoms with van der Waals surface area (Å²) >= 11 is 0. The minimum Gasteiger partial charge on any atom is -0.251 e. The maximum Gasteiger partial charge on any atom is 2.00 e. The van der Waals surface area contributed by atoms with Crippen LogP contribution in [0, 0.1) is 6.42 Å². The molecule has 0 aliphatic heterocycles. The van der Waals surface area contributed by atoms with Gasteiger partial charge in [0.25, 0.3) is 0 Å². The molecule has 250 valence electrons. The second-order valence-electron chi connectivity index (χ2n) is 14.5. The molecule has 5 heteroatoms. The molecule has 49 heavy (non-hydrogen) atoms. The number of nitrogens with zero attached hydrogens (tertiary/aromatic N) is 2. The van der Waals surface area contributed by atoms with Gasteiger partial charge in [0.2, 0.25) is 0 Å². The van der Waals surface area contributed by atoms with Gasteiger partial charge in [-0.05, 0) is 51.9 Å². The molecule has 2 heterocycles. The Morgan fingerprint density at radius 1 is 0.673 bits per heavy atom. The average Bonchev–Trinajstić information content (AvgIpc) is 3.80. The van der Waals surface area contributed by atoms with Gasteiger partial charge >= 0.3 is 17.1 Å². The third-order valence-corrected chi connectivity index (χ3v) is 13.8. The molecule has 0 N–H and O–H groups in total. The first-order valence-corrected chi connectivity index (χ1v) is 18.9. The van der Waals surface area contributed by atoms with E-state index in [2.05, 4.69) is 166 Å². The SMILES string of the molecule is CC(C)(C)P(CC1=CC(=C2C=CC=C[CH-]2)C=C1C(P)(c1ccc2ccccc2n1)c1ccc2ccccc2n1)C(C)(C)C.[Fe+2].c1cc[cH-]c1. The van der Waals surface area contributed by atoms with Crippen molar-refractivity contribution >= 4 is 39.0 Å². The third kappa shape index (κ3) is 8.14. The van der Waals surface area contributed by atoms with Gasteiger partial charge in [0.05, 0.1) is 27.6 Å². The van der Waals surface area contributed by atoms with Gasteiger partial charge < -0.3 is 0 Å². The van der Waals surface area contributed by atoms with Gasteiger partial charge in [0, 0.05) is 10.8 Å². The molecule has 2 nitrogen and oxygen atoms in total. The quantitative estimate of drug-likeness (QED) is 0.103. The first-order valence-electron chi connectivity index (χ1n) is 16.8. The van der Waals surface area contributed by atoms with Gasteiger partial charge in [-0.1, -0.05) is 116 Å². The molecule has 2 aromatic heterocycles. The summed E-state index contributed by atoms with van der Waals surface area (Å²) in [4.78, 5) is 10.6. The predicted molar refractivity (Wildman–Crippen MR) is 213 cm³/mol. The Kier molecular flexibility index (Phi) is 11.4. The van der Waals surface area contributed by atoms with Crippen molar-refractivity contribution < 1.29 is 17.1 Å². The Labute approximate surface area is 307 Å². The van der Waals surface area contributed by atoms with E-state index in [0.29, 0.717) is 0 Å². The van der Waals surface area contributed by atoms with E-state index in [1.807, 2.05) is 30.3 Å². The number of hydrogen-bond acceptors (Lipinski definition) is 2. The number of para-hydroxylation sites is 2. The Hall–Kier alpha value is -3.44. The van der Waals surface area contributed by atoms with Gasteiger partial charge in [0.15, 0.2) is 0 Å². The normalized spacial score (nSPS) is 16.2. The van der Waals surface area contributed by atoms with Crippen molar-refractivity contribution in [3.8, 4) is 0 Å². The maximum atomic E-state index is 5.32. The largest absolute Gasteiger partial charge is 2.00 e. The number of aromatic nitrogens is 2. The standard InChI is InChI=1S/C39H41N2P2.C5H5.Fe/c1-37(2,3)43(38(4,5)6)26-31-24-30(27-14-8-7-9-15-27)25-32(31)39(42,35-22-20-28-16-10-12-18-33(28)40-35)36-23-21-29-17-11-13-19-34(29)41-36;1-2-4-5-3-1;/h7-25H,26,42H2,1-6H3;1-5H;/q2*-1;+2. The smallest absolute Gasteiger partial charge is 0.251 e. The number of rotatable bonds is 5. The second-order valence-corrected chi connectivity index (χ2v) is 19.2. The molecule has 0 radical (unpaired) electrons. The molecule has 2 aliphatic rings. The van der Waals surface area contributed by atoms with Crippen molar-refractivity contribution in [3.63, 3.8) is 0 Å². The van der Waals surface area contributed by atoms with Crippen LogP contribution in [0.5, 0.6) is 0 Å². The van der Waals surface area contributed by atoms with Crippen molar-refractivity contribution in [2.24, 2.45) is 0 Å². The van der Waals surface area contributed by atoms with Crippen LogP contribution in [-0.4, -0.2) is 26.4 Å². The number of allylic oxidation sites excluding steroid dienone is 10. The van der Waals surface area contributed by atoms with Crippen molar-refractivity contribution in [3.05, 3.63) is 180 Å². The van der Waals surface area contributed by atoms with E-state index in [1.165, 1.54) is 22.3 Å². The summed E-state index contributed by atoms with van der Waals surface area (Å²) < 4.78 is 0. The van der Waals surface area contributed by atoms with Crippen LogP contribution in [0.1, 0.15) is 52.9 Å². The van der Waals surface area contributed by atoms with Crippen LogP contribution in [0.15, 0.2) is 162 Å². The predicted octanol–water partition coefficient (Wildman–Crippen LogP) is 11.9. The third-order valence-electron chi connectivity index (χ3n) is 9.02. The fraction of sp³-hybridized carbons (Fsp3) is 0.227. The Balaban J connectivity index is 0.000000717. The van der Waals surface area contributed by atoms with E-state index in [-0.39, 0.29) is 35.3 Å². The van der Waals surface area contributed by atoms with Crippen LogP contribution in [0.2, 0.25) is 0 Å². The molecule has 0 amide bonds. The van der Waals surface area contributed by atoms with Crippen LogP contribution in [0.25, 0.3) is 21.8 Å². The number of pyridine rings is 2. The van der Waals surface area contributed by atoms with E-state index in [1.54, 1.807) is 0 Å². The molecule has 0 fully saturated rings. The summed E-state index contributed by atoms with van der Waals surface area (Å²) in [6.07, 6.45) is 16.7. The zero-order valence-electron chi connectivity index (χ0n) is 29.3. The zero-order valence-corrected chi connectivity index (χ0v) is 32.5. The number of benzene rings is 2. The Morgan fingerprint density at radius 2 is 1.22 bits per heavy atom. The van der Waals surface area contributed by atoms with E-state index >= 15 is 0 Å². The summed E-state index contributed by atoms with van der Waals surface area (Å²) in [7, 11) is 2.87. The molecule has 1 atom stereocenters. The summed E-state index contributed by atoms with van der Waals surface area (Å²) in [5.41, 5.74) is 9.10. The van der Waals surface area contributed by atoms with Crippen LogP contribution >= 0.6 is 17.2 Å². The van der Waals surface area contributed by atoms with Crippen LogP contribution < -0.4 is 0 Å². The van der Waals surface area contributed by atoms with Crippen LogP contribution in [-0.2, 0) is 22.2 Å². The molecule has 3 aromatic carbocycles. The molecule has 0 spiro atoms. The van der Waals surface area contributed by atoms with E-state index in [0.717, 1.165) is 39.4 Å². The second kappa shape index (κ2) is 15.2. The molecule has 5 aromatic rings. The van der Waals surface area contributed by atoms with Gasteiger partial charge in [-0.3, -0.25) is 9.97 Å². The summed E-state index contributed by atoms with van der Waals surface area (Å²) in [5, 5.41) is 2.03. The van der Waals surface area contributed by atoms with Gasteiger partial charge in [-0.25, -0.2) is 12.1 Å². The molecular formula is C44H46FeN2P2. The summed E-state index contributed by atoms with van der Waals surface area (Å²) in [6.45, 7) is 14.5. The Bertz CT molecular complexity index is 1960. The molecule has 0 bridgehead atoms. The fourth-order valence-corrected chi connectivity index (χ4v) is 11.0. The van der Waals surface area contributed by atoms with Crippen LogP contribution in [0.4, 0.5) is 0 Å². The van der Waals surface area contributed by atoms with E-state index < -0.39 is 5.16 Å². The van der Waals surface area contributed by atoms with Crippen molar-refractivity contribution in [2.75, 3.05) is 6.16 Å². The Morgan fingerprint density at radius 3 is 1.69 bits per heavy atom. The van der Waals surface area contributed by atoms with Gasteiger partial charge in [-0.15, -0.1) is 45.5 Å². The van der Waals surface area contributed by atoms with Crippen molar-refractivity contribution in [2.45, 2.75) is 57.0 Å². The van der Waals surface area contributed by atoms with Crippen molar-refractivity contribution in [1.29, 1.82) is 0 Å². The van der Waals surface area contributed by atoms with Gasteiger partial charge in [-0.2, -0.15) is 18.2 Å². The molecule has 7 rings (SSSR count). The maximum absolute atomic E-state index is 5.32. The van der Waals surface area contributed by atoms with E-state index in [4.69, 9.17) is 9.97 Å². The topological polar surface area (TPSA) is 25.8 Å². The summed E-state index contributed by atoms with van der Waals surface area (Å²) in [5.74, 6) is 0. The minimum absolute atomic E-state index is 0. The molecule has 1 unspecified atom stereocenters. The van der Waals surface area contributed by atoms with Gasteiger partial charge in [0.1, 0.15) is 0 Å². The fourth-order valence-electron chi connectivity index (χ4n) is 6.80. The summed E-state index contributed by atoms with van der Waals surface area (Å²) in [6, 6.07) is 35.6. The average molecular weight is 721 g/mol. The monoisotopic (exact) mass is 720 g/mol. The molecule has 0 saturated heterocycles. The van der Waals surface area contributed by atoms with Crippen molar-refractivity contribution in [1.82, 2.24) is 9.97 Å². The first-order chi connectivity index (χ1) is 22.9. The minimum atomic E-state index is -0.646. The van der Waals surface area contributed by atoms with Crippen LogP contribution in [0.3, 0.4) is 0 Å². The van der Waals surface area contributed by atoms with E-state index in [9.17, 15) is 0 Å². The first kappa shape index (κ1) is 36.8. The molecular weight excluding hydrogens is 674 g/mol. The molecule has 2 aliphatic carbocycles. The molecule has 0 saturated carbocycles. The number of hydrogen-bond donors (Lipinski definition) is 0. The number of fused-ring (bicyclic) bond motifs is 2.